The smallest absolute Gasteiger partial charge is 0.149 e. The van der Waals surface area contributed by atoms with Crippen LogP contribution in [-0.4, -0.2) is 15.2 Å². The average Bonchev–Trinajstić information content (AvgIpc) is 2.58. The summed E-state index contributed by atoms with van der Waals surface area (Å²) in [6.07, 6.45) is 1.75. The maximum atomic E-state index is 4.43. The van der Waals surface area contributed by atoms with E-state index in [0.29, 0.717) is 0 Å². The van der Waals surface area contributed by atoms with E-state index in [1.807, 2.05) is 26.8 Å². The summed E-state index contributed by atoms with van der Waals surface area (Å²) in [7, 11) is 0. The van der Waals surface area contributed by atoms with Gasteiger partial charge >= 0.3 is 0 Å². The average molecular weight is 248 g/mol. The fraction of sp³-hybridized carbons (Fsp3) is 0.417. The Hall–Kier alpha value is -1.49. The molecular formula is C12H16N4S. The molecule has 2 aromatic rings. The molecular weight excluding hydrogens is 232 g/mol. The molecule has 0 aromatic carbocycles. The fourth-order valence-electron chi connectivity index (χ4n) is 1.77. The zero-order valence-electron chi connectivity index (χ0n) is 10.5. The molecule has 1 unspecified atom stereocenters. The Kier molecular flexibility index (Phi) is 3.38. The first kappa shape index (κ1) is 12.0. The quantitative estimate of drug-likeness (QED) is 0.907. The van der Waals surface area contributed by atoms with Crippen LogP contribution in [0.5, 0.6) is 0 Å². The molecule has 2 aromatic heterocycles. The lowest BCUT2D eigenvalue weighted by molar-refractivity contribution is 0.863. The second kappa shape index (κ2) is 4.79. The van der Waals surface area contributed by atoms with Crippen LogP contribution in [-0.2, 0) is 0 Å². The van der Waals surface area contributed by atoms with Gasteiger partial charge in [0.2, 0.25) is 0 Å². The first-order valence-corrected chi connectivity index (χ1v) is 6.37. The maximum absolute atomic E-state index is 4.43. The van der Waals surface area contributed by atoms with Gasteiger partial charge in [0, 0.05) is 4.88 Å². The van der Waals surface area contributed by atoms with Crippen LogP contribution in [0.25, 0.3) is 0 Å². The molecule has 2 rings (SSSR count). The van der Waals surface area contributed by atoms with Crippen LogP contribution in [0.3, 0.4) is 0 Å². The number of nitrogens with zero attached hydrogens (tertiary/aromatic N) is 3. The van der Waals surface area contributed by atoms with Gasteiger partial charge < -0.3 is 5.32 Å². The molecule has 17 heavy (non-hydrogen) atoms. The third-order valence-corrected chi connectivity index (χ3v) is 3.74. The molecule has 1 atom stereocenters. The van der Waals surface area contributed by atoms with Gasteiger partial charge in [-0.2, -0.15) is 5.10 Å². The summed E-state index contributed by atoms with van der Waals surface area (Å²) in [5.41, 5.74) is 2.19. The Balaban J connectivity index is 2.16. The predicted octanol–water partition coefficient (Wildman–Crippen LogP) is 3.03. The summed E-state index contributed by atoms with van der Waals surface area (Å²) < 4.78 is 0. The van der Waals surface area contributed by atoms with Crippen LogP contribution < -0.4 is 5.32 Å². The van der Waals surface area contributed by atoms with Crippen molar-refractivity contribution in [2.75, 3.05) is 5.32 Å². The number of aromatic nitrogens is 3. The molecule has 5 heteroatoms. The van der Waals surface area contributed by atoms with Crippen molar-refractivity contribution < 1.29 is 0 Å². The molecule has 0 saturated carbocycles. The highest BCUT2D eigenvalue weighted by Gasteiger charge is 2.13. The van der Waals surface area contributed by atoms with Crippen molar-refractivity contribution in [2.45, 2.75) is 33.7 Å². The van der Waals surface area contributed by atoms with Crippen molar-refractivity contribution in [3.8, 4) is 0 Å². The third-order valence-electron chi connectivity index (χ3n) is 2.49. The van der Waals surface area contributed by atoms with Crippen molar-refractivity contribution in [3.05, 3.63) is 33.4 Å². The highest BCUT2D eigenvalue weighted by Crippen LogP contribution is 2.26. The summed E-state index contributed by atoms with van der Waals surface area (Å²) in [5.74, 6) is 0.808. The first-order valence-electron chi connectivity index (χ1n) is 5.56. The Labute approximate surface area is 105 Å². The van der Waals surface area contributed by atoms with Gasteiger partial charge in [-0.25, -0.2) is 4.98 Å². The van der Waals surface area contributed by atoms with Gasteiger partial charge in [0.15, 0.2) is 0 Å². The number of aryl methyl sites for hydroxylation is 3. The van der Waals surface area contributed by atoms with Gasteiger partial charge in [0.05, 0.1) is 22.9 Å². The molecule has 0 radical (unpaired) electrons. The largest absolute Gasteiger partial charge is 0.361 e. The molecule has 2 heterocycles. The summed E-state index contributed by atoms with van der Waals surface area (Å²) in [5, 5.41) is 12.4. The van der Waals surface area contributed by atoms with Gasteiger partial charge in [-0.15, -0.1) is 16.4 Å². The zero-order chi connectivity index (χ0) is 12.4. The standard InChI is InChI=1S/C12H16N4S/c1-7-5-11(16-13-6-7)15-9(3)12-8(2)14-10(4)17-12/h5-6,9H,1-4H3,(H,15,16). The van der Waals surface area contributed by atoms with E-state index in [9.17, 15) is 0 Å². The van der Waals surface area contributed by atoms with Crippen LogP contribution in [0.15, 0.2) is 12.3 Å². The zero-order valence-corrected chi connectivity index (χ0v) is 11.3. The minimum absolute atomic E-state index is 0.206. The molecule has 0 saturated heterocycles. The van der Waals surface area contributed by atoms with Crippen molar-refractivity contribution in [1.82, 2.24) is 15.2 Å². The number of thiazole rings is 1. The lowest BCUT2D eigenvalue weighted by Crippen LogP contribution is -2.08. The first-order chi connectivity index (χ1) is 8.06. The van der Waals surface area contributed by atoms with Gasteiger partial charge in [-0.1, -0.05) is 0 Å². The Bertz CT molecular complexity index is 521. The monoisotopic (exact) mass is 248 g/mol. The van der Waals surface area contributed by atoms with Crippen molar-refractivity contribution in [3.63, 3.8) is 0 Å². The molecule has 0 fully saturated rings. The van der Waals surface area contributed by atoms with Crippen LogP contribution in [0.1, 0.15) is 34.1 Å². The van der Waals surface area contributed by atoms with E-state index in [1.165, 1.54) is 4.88 Å². The SMILES string of the molecule is Cc1cnnc(NC(C)c2sc(C)nc2C)c1. The van der Waals surface area contributed by atoms with Gasteiger partial charge in [0.25, 0.3) is 0 Å². The molecule has 0 amide bonds. The van der Waals surface area contributed by atoms with Crippen LogP contribution >= 0.6 is 11.3 Å². The van der Waals surface area contributed by atoms with Gasteiger partial charge in [-0.05, 0) is 39.3 Å². The summed E-state index contributed by atoms with van der Waals surface area (Å²) in [4.78, 5) is 5.69. The molecule has 0 aliphatic carbocycles. The van der Waals surface area contributed by atoms with Crippen molar-refractivity contribution >= 4 is 17.2 Å². The van der Waals surface area contributed by atoms with E-state index in [4.69, 9.17) is 0 Å². The molecule has 0 bridgehead atoms. The predicted molar refractivity (Wildman–Crippen MR) is 70.4 cm³/mol. The fourth-order valence-corrected chi connectivity index (χ4v) is 2.70. The second-order valence-electron chi connectivity index (χ2n) is 4.17. The number of nitrogens with one attached hydrogen (secondary N) is 1. The topological polar surface area (TPSA) is 50.7 Å². The minimum Gasteiger partial charge on any atom is -0.361 e. The normalized spacial score (nSPS) is 12.5. The van der Waals surface area contributed by atoms with E-state index in [1.54, 1.807) is 17.5 Å². The van der Waals surface area contributed by atoms with Crippen LogP contribution in [0.2, 0.25) is 0 Å². The Morgan fingerprint density at radius 2 is 2.06 bits per heavy atom. The lowest BCUT2D eigenvalue weighted by atomic mass is 10.2. The molecule has 4 nitrogen and oxygen atoms in total. The molecule has 0 aliphatic rings. The van der Waals surface area contributed by atoms with Crippen molar-refractivity contribution in [2.24, 2.45) is 0 Å². The highest BCUT2D eigenvalue weighted by molar-refractivity contribution is 7.11. The number of hydrogen-bond acceptors (Lipinski definition) is 5. The summed E-state index contributed by atoms with van der Waals surface area (Å²) >= 11 is 1.72. The number of anilines is 1. The highest BCUT2D eigenvalue weighted by atomic mass is 32.1. The van der Waals surface area contributed by atoms with Crippen LogP contribution in [0, 0.1) is 20.8 Å². The third kappa shape index (κ3) is 2.79. The van der Waals surface area contributed by atoms with E-state index in [0.717, 1.165) is 22.1 Å². The lowest BCUT2D eigenvalue weighted by Gasteiger charge is -2.13. The Morgan fingerprint density at radius 3 is 2.65 bits per heavy atom. The minimum atomic E-state index is 0.206. The number of hydrogen-bond donors (Lipinski definition) is 1. The van der Waals surface area contributed by atoms with Gasteiger partial charge in [0.1, 0.15) is 5.82 Å². The second-order valence-corrected chi connectivity index (χ2v) is 5.40. The van der Waals surface area contributed by atoms with Crippen LogP contribution in [0.4, 0.5) is 5.82 Å². The van der Waals surface area contributed by atoms with Gasteiger partial charge in [-0.3, -0.25) is 0 Å². The Morgan fingerprint density at radius 1 is 1.29 bits per heavy atom. The summed E-state index contributed by atoms with van der Waals surface area (Å²) in [6, 6.07) is 2.20. The molecule has 1 N–H and O–H groups in total. The number of rotatable bonds is 3. The van der Waals surface area contributed by atoms with E-state index in [2.05, 4.69) is 27.4 Å². The maximum Gasteiger partial charge on any atom is 0.149 e. The molecule has 0 spiro atoms. The molecule has 90 valence electrons. The summed E-state index contributed by atoms with van der Waals surface area (Å²) in [6.45, 7) is 8.19. The van der Waals surface area contributed by atoms with Crippen molar-refractivity contribution in [1.29, 1.82) is 0 Å². The van der Waals surface area contributed by atoms with E-state index < -0.39 is 0 Å². The van der Waals surface area contributed by atoms with E-state index in [-0.39, 0.29) is 6.04 Å². The molecule has 0 aliphatic heterocycles. The van der Waals surface area contributed by atoms with E-state index >= 15 is 0 Å².